The van der Waals surface area contributed by atoms with Gasteiger partial charge in [-0.3, -0.25) is 9.59 Å². The van der Waals surface area contributed by atoms with Crippen molar-refractivity contribution < 1.29 is 4.79 Å². The number of aromatic amines is 1. The molecule has 0 aromatic carbocycles. The van der Waals surface area contributed by atoms with Crippen LogP contribution < -0.4 is 5.43 Å². The van der Waals surface area contributed by atoms with E-state index in [1.54, 1.807) is 11.9 Å². The molecule has 0 aliphatic carbocycles. The van der Waals surface area contributed by atoms with Crippen LogP contribution in [-0.4, -0.2) is 34.2 Å². The molecule has 0 bridgehead atoms. The number of halogens is 1. The SMILES string of the molecule is CC(CBr)N(C)C(=O)c1c[nH]ccc1=O. The van der Waals surface area contributed by atoms with Crippen molar-refractivity contribution in [3.05, 3.63) is 34.2 Å². The van der Waals surface area contributed by atoms with Gasteiger partial charge < -0.3 is 9.88 Å². The molecule has 0 radical (unpaired) electrons. The van der Waals surface area contributed by atoms with Crippen LogP contribution in [0.15, 0.2) is 23.3 Å². The lowest BCUT2D eigenvalue weighted by molar-refractivity contribution is 0.0756. The minimum absolute atomic E-state index is 0.0529. The van der Waals surface area contributed by atoms with Crippen LogP contribution in [0.4, 0.5) is 0 Å². The van der Waals surface area contributed by atoms with Crippen molar-refractivity contribution in [1.82, 2.24) is 9.88 Å². The minimum atomic E-state index is -0.260. The molecule has 1 unspecified atom stereocenters. The highest BCUT2D eigenvalue weighted by Crippen LogP contribution is 2.04. The van der Waals surface area contributed by atoms with Crippen LogP contribution in [-0.2, 0) is 0 Å². The van der Waals surface area contributed by atoms with Gasteiger partial charge in [-0.15, -0.1) is 0 Å². The van der Waals surface area contributed by atoms with E-state index in [1.807, 2.05) is 6.92 Å². The molecule has 82 valence electrons. The van der Waals surface area contributed by atoms with Crippen LogP contribution in [0.1, 0.15) is 17.3 Å². The predicted octanol–water partition coefficient (Wildman–Crippen LogP) is 1.23. The summed E-state index contributed by atoms with van der Waals surface area (Å²) in [4.78, 5) is 27.5. The first-order valence-corrected chi connectivity index (χ1v) is 5.70. The number of aromatic nitrogens is 1. The fourth-order valence-corrected chi connectivity index (χ4v) is 1.51. The summed E-state index contributed by atoms with van der Waals surface area (Å²) in [6.07, 6.45) is 2.94. The Morgan fingerprint density at radius 2 is 2.33 bits per heavy atom. The average Bonchev–Trinajstić information content (AvgIpc) is 2.26. The number of hydrogen-bond donors (Lipinski definition) is 1. The molecule has 1 heterocycles. The number of rotatable bonds is 3. The topological polar surface area (TPSA) is 53.2 Å². The fraction of sp³-hybridized carbons (Fsp3) is 0.400. The molecule has 1 rings (SSSR count). The van der Waals surface area contributed by atoms with Gasteiger partial charge in [0.05, 0.1) is 0 Å². The maximum atomic E-state index is 11.9. The minimum Gasteiger partial charge on any atom is -0.367 e. The zero-order chi connectivity index (χ0) is 11.4. The van der Waals surface area contributed by atoms with Gasteiger partial charge in [-0.25, -0.2) is 0 Å². The van der Waals surface area contributed by atoms with Crippen LogP contribution in [0, 0.1) is 0 Å². The maximum absolute atomic E-state index is 11.9. The summed E-state index contributed by atoms with van der Waals surface area (Å²) in [5.41, 5.74) is -0.0832. The van der Waals surface area contributed by atoms with Crippen LogP contribution in [0.3, 0.4) is 0 Å². The molecular weight excluding hydrogens is 260 g/mol. The van der Waals surface area contributed by atoms with E-state index in [-0.39, 0.29) is 22.9 Å². The van der Waals surface area contributed by atoms with Crippen molar-refractivity contribution in [3.63, 3.8) is 0 Å². The number of amides is 1. The second-order valence-corrected chi connectivity index (χ2v) is 3.99. The highest BCUT2D eigenvalue weighted by Gasteiger charge is 2.18. The quantitative estimate of drug-likeness (QED) is 0.842. The van der Waals surface area contributed by atoms with Crippen LogP contribution in [0.2, 0.25) is 0 Å². The molecule has 0 fully saturated rings. The van der Waals surface area contributed by atoms with E-state index >= 15 is 0 Å². The van der Waals surface area contributed by atoms with Crippen molar-refractivity contribution in [1.29, 1.82) is 0 Å². The van der Waals surface area contributed by atoms with E-state index in [2.05, 4.69) is 20.9 Å². The molecule has 5 heteroatoms. The Labute approximate surface area is 96.4 Å². The van der Waals surface area contributed by atoms with Gasteiger partial charge in [0.25, 0.3) is 5.91 Å². The van der Waals surface area contributed by atoms with Crippen molar-refractivity contribution in [2.75, 3.05) is 12.4 Å². The highest BCUT2D eigenvalue weighted by atomic mass is 79.9. The summed E-state index contributed by atoms with van der Waals surface area (Å²) in [6, 6.07) is 1.40. The Kier molecular flexibility index (Phi) is 4.08. The van der Waals surface area contributed by atoms with Gasteiger partial charge in [-0.05, 0) is 6.92 Å². The van der Waals surface area contributed by atoms with Crippen LogP contribution in [0.5, 0.6) is 0 Å². The van der Waals surface area contributed by atoms with Gasteiger partial charge in [-0.1, -0.05) is 15.9 Å². The molecule has 15 heavy (non-hydrogen) atoms. The number of nitrogens with one attached hydrogen (secondary N) is 1. The zero-order valence-electron chi connectivity index (χ0n) is 8.66. The van der Waals surface area contributed by atoms with E-state index in [0.717, 1.165) is 0 Å². The fourth-order valence-electron chi connectivity index (χ4n) is 1.08. The monoisotopic (exact) mass is 272 g/mol. The average molecular weight is 273 g/mol. The Balaban J connectivity index is 2.95. The van der Waals surface area contributed by atoms with Gasteiger partial charge in [-0.2, -0.15) is 0 Å². The third kappa shape index (κ3) is 2.68. The molecule has 0 saturated heterocycles. The summed E-state index contributed by atoms with van der Waals surface area (Å²) < 4.78 is 0. The molecule has 0 spiro atoms. The standard InChI is InChI=1S/C10H13BrN2O2/c1-7(5-11)13(2)10(15)8-6-12-4-3-9(8)14/h3-4,6-7H,5H2,1-2H3,(H,12,14). The first kappa shape index (κ1) is 12.0. The van der Waals surface area contributed by atoms with Crippen LogP contribution >= 0.6 is 15.9 Å². The molecular formula is C10H13BrN2O2. The number of nitrogens with zero attached hydrogens (tertiary/aromatic N) is 1. The number of pyridine rings is 1. The Morgan fingerprint density at radius 3 is 2.87 bits per heavy atom. The van der Waals surface area contributed by atoms with Crippen molar-refractivity contribution >= 4 is 21.8 Å². The van der Waals surface area contributed by atoms with Gasteiger partial charge in [0.2, 0.25) is 0 Å². The zero-order valence-corrected chi connectivity index (χ0v) is 10.2. The Morgan fingerprint density at radius 1 is 1.67 bits per heavy atom. The summed E-state index contributed by atoms with van der Waals surface area (Å²) >= 11 is 3.29. The lowest BCUT2D eigenvalue weighted by Crippen LogP contribution is -2.38. The predicted molar refractivity (Wildman–Crippen MR) is 62.4 cm³/mol. The molecule has 1 amide bonds. The number of carbonyl (C=O) groups is 1. The summed E-state index contributed by atoms with van der Waals surface area (Å²) in [5.74, 6) is -0.260. The number of alkyl halides is 1. The van der Waals surface area contributed by atoms with Crippen molar-refractivity contribution in [2.24, 2.45) is 0 Å². The second kappa shape index (κ2) is 5.11. The lowest BCUT2D eigenvalue weighted by Gasteiger charge is -2.22. The Bertz CT molecular complexity index is 402. The summed E-state index contributed by atoms with van der Waals surface area (Å²) in [7, 11) is 1.68. The normalized spacial score (nSPS) is 12.2. The van der Waals surface area contributed by atoms with E-state index in [0.29, 0.717) is 5.33 Å². The molecule has 0 saturated carbocycles. The van der Waals surface area contributed by atoms with Gasteiger partial charge in [0.1, 0.15) is 5.56 Å². The first-order valence-electron chi connectivity index (χ1n) is 4.58. The lowest BCUT2D eigenvalue weighted by atomic mass is 10.2. The second-order valence-electron chi connectivity index (χ2n) is 3.34. The molecule has 1 aromatic heterocycles. The summed E-state index contributed by atoms with van der Waals surface area (Å²) in [6.45, 7) is 1.91. The molecule has 1 atom stereocenters. The molecule has 0 aliphatic rings. The third-order valence-corrected chi connectivity index (χ3v) is 3.20. The van der Waals surface area contributed by atoms with E-state index < -0.39 is 0 Å². The number of H-pyrrole nitrogens is 1. The van der Waals surface area contributed by atoms with E-state index in [9.17, 15) is 9.59 Å². The number of carbonyl (C=O) groups excluding carboxylic acids is 1. The van der Waals surface area contributed by atoms with Gasteiger partial charge >= 0.3 is 0 Å². The molecule has 1 aromatic rings. The van der Waals surface area contributed by atoms with E-state index in [1.165, 1.54) is 18.5 Å². The maximum Gasteiger partial charge on any atom is 0.259 e. The molecule has 4 nitrogen and oxygen atoms in total. The number of hydrogen-bond acceptors (Lipinski definition) is 2. The van der Waals surface area contributed by atoms with Crippen molar-refractivity contribution in [2.45, 2.75) is 13.0 Å². The highest BCUT2D eigenvalue weighted by molar-refractivity contribution is 9.09. The Hall–Kier alpha value is -1.10. The largest absolute Gasteiger partial charge is 0.367 e. The van der Waals surface area contributed by atoms with E-state index in [4.69, 9.17) is 0 Å². The van der Waals surface area contributed by atoms with Crippen molar-refractivity contribution in [3.8, 4) is 0 Å². The third-order valence-electron chi connectivity index (χ3n) is 2.26. The van der Waals surface area contributed by atoms with Gasteiger partial charge in [0.15, 0.2) is 5.43 Å². The summed E-state index contributed by atoms with van der Waals surface area (Å²) in [5, 5.41) is 0.681. The van der Waals surface area contributed by atoms with Gasteiger partial charge in [0, 0.05) is 36.9 Å². The smallest absolute Gasteiger partial charge is 0.259 e. The molecule has 1 N–H and O–H groups in total. The molecule has 0 aliphatic heterocycles. The first-order chi connectivity index (χ1) is 7.07. The van der Waals surface area contributed by atoms with Crippen LogP contribution in [0.25, 0.3) is 0 Å².